The molecule has 0 radical (unpaired) electrons. The van der Waals surface area contributed by atoms with Crippen LogP contribution >= 0.6 is 8.86 Å². The molecule has 6 heavy (non-hydrogen) atoms. The van der Waals surface area contributed by atoms with Gasteiger partial charge in [0.05, 0.1) is 0 Å². The van der Waals surface area contributed by atoms with Crippen LogP contribution in [0.2, 0.25) is 0 Å². The van der Waals surface area contributed by atoms with Gasteiger partial charge in [0.15, 0.2) is 0 Å². The average molecular weight is 180 g/mol. The molecule has 0 aromatic heterocycles. The summed E-state index contributed by atoms with van der Waals surface area (Å²) >= 11 is 0. The minimum Gasteiger partial charge on any atom is -0.127 e. The monoisotopic (exact) mass is 180 g/mol. The largest absolute Gasteiger partial charge is 0.127 e. The predicted octanol–water partition coefficient (Wildman–Crippen LogP) is 0.951. The second-order valence-electron chi connectivity index (χ2n) is 0.289. The Morgan fingerprint density at radius 3 is 1.17 bits per heavy atom. The first-order valence-corrected chi connectivity index (χ1v) is 1.44. The zero-order chi connectivity index (χ0) is 2.71. The number of hydrogen-bond acceptors (Lipinski definition) is 0. The maximum atomic E-state index is 3.06. The van der Waals surface area contributed by atoms with Crippen LogP contribution in [0.3, 0.4) is 0 Å². The molecular weight excluding hydrogens is 175 g/mol. The Labute approximate surface area is 131 Å². The molecule has 0 nitrogen and oxygen atoms in total. The summed E-state index contributed by atoms with van der Waals surface area (Å²) in [6.45, 7) is 1.91. The Kier molecular flexibility index (Phi) is 86.6. The van der Waals surface area contributed by atoms with Gasteiger partial charge in [0.1, 0.15) is 0 Å². The molecule has 0 aliphatic rings. The van der Waals surface area contributed by atoms with Crippen LogP contribution in [-0.2, 0) is 0 Å². The minimum atomic E-state index is 0. The van der Waals surface area contributed by atoms with Crippen molar-refractivity contribution in [1.29, 1.82) is 0 Å². The van der Waals surface area contributed by atoms with E-state index in [0.717, 1.165) is 0 Å². The summed E-state index contributed by atoms with van der Waals surface area (Å²) in [6, 6.07) is 0. The van der Waals surface area contributed by atoms with Crippen LogP contribution in [0.1, 0.15) is 6.92 Å². The van der Waals surface area contributed by atoms with Gasteiger partial charge in [0, 0.05) is 113 Å². The fourth-order valence-electron chi connectivity index (χ4n) is 0. The third kappa shape index (κ3) is 24.6. The van der Waals surface area contributed by atoms with Gasteiger partial charge >= 0.3 is 0 Å². The van der Waals surface area contributed by atoms with Crippen LogP contribution in [0.4, 0.5) is 0 Å². The van der Waals surface area contributed by atoms with Crippen molar-refractivity contribution in [3.63, 3.8) is 0 Å². The third-order valence-electron chi connectivity index (χ3n) is 0. The van der Waals surface area contributed by atoms with E-state index in [1.54, 1.807) is 5.80 Å². The van der Waals surface area contributed by atoms with Gasteiger partial charge in [-0.1, -0.05) is 5.80 Å². The second kappa shape index (κ2) is 23.1. The maximum absolute atomic E-state index is 3.06. The first-order chi connectivity index (χ1) is 1.41. The van der Waals surface area contributed by atoms with E-state index in [2.05, 4.69) is 8.86 Å². The summed E-state index contributed by atoms with van der Waals surface area (Å²) in [5.41, 5.74) is 0. The summed E-state index contributed by atoms with van der Waals surface area (Å²) in [5, 5.41) is 0. The van der Waals surface area contributed by atoms with E-state index in [4.69, 9.17) is 0 Å². The van der Waals surface area contributed by atoms with Crippen molar-refractivity contribution in [3.05, 3.63) is 0 Å². The average Bonchev–Trinajstić information content (AvgIpc) is 0.918. The van der Waals surface area contributed by atoms with Crippen LogP contribution in [-0.4, -0.2) is 5.80 Å². The fourth-order valence-corrected chi connectivity index (χ4v) is 0. The number of rotatable bonds is 0. The van der Waals surface area contributed by atoms with Crippen LogP contribution in [0.5, 0.6) is 0 Å². The van der Waals surface area contributed by atoms with Gasteiger partial charge in [-0.3, -0.25) is 0 Å². The van der Waals surface area contributed by atoms with E-state index < -0.39 is 0 Å². The zero-order valence-corrected chi connectivity index (χ0v) is 6.26. The molecule has 0 N–H and O–H groups in total. The van der Waals surface area contributed by atoms with Gasteiger partial charge < -0.3 is 0 Å². The molecule has 0 aromatic rings. The molecule has 0 aromatic carbocycles. The van der Waals surface area contributed by atoms with Crippen molar-refractivity contribution in [1.82, 2.24) is 0 Å². The molecule has 0 spiro atoms. The van der Waals surface area contributed by atoms with Crippen molar-refractivity contribution in [2.75, 3.05) is 0 Å². The normalized spacial score (nSPS) is 2.17. The molecule has 0 heterocycles. The third-order valence-corrected chi connectivity index (χ3v) is 0. The number of hydrogen-bond donors (Lipinski definition) is 0. The zero-order valence-electron chi connectivity index (χ0n) is 3.14. The van der Waals surface area contributed by atoms with E-state index in [1.807, 2.05) is 6.92 Å². The molecule has 0 atom stereocenters. The molecule has 4 heteroatoms. The Bertz CT molecular complexity index is 16.3. The van der Waals surface area contributed by atoms with Crippen LogP contribution < -0.4 is 0 Å². The van der Waals surface area contributed by atoms with Gasteiger partial charge in [-0.05, 0) is 6.92 Å². The smallest absolute Gasteiger partial charge is 0 e. The van der Waals surface area contributed by atoms with E-state index in [-0.39, 0.29) is 113 Å². The van der Waals surface area contributed by atoms with E-state index in [1.165, 1.54) is 0 Å². The standard InChI is InChI=1S/C2H5P.3Ar/c1-2-3;;;/h2-3H,1H3;;;. The molecule has 0 rings (SSSR count). The van der Waals surface area contributed by atoms with Crippen molar-refractivity contribution in [3.8, 4) is 0 Å². The quantitative estimate of drug-likeness (QED) is 0.486. The summed E-state index contributed by atoms with van der Waals surface area (Å²) in [6.07, 6.45) is 0. The minimum absolute atomic E-state index is 0. The summed E-state index contributed by atoms with van der Waals surface area (Å²) in [4.78, 5) is 0. The molecule has 0 amide bonds. The Hall–Kier alpha value is 3.95. The topological polar surface area (TPSA) is 0 Å². The summed E-state index contributed by atoms with van der Waals surface area (Å²) in [7, 11) is 3.06. The second-order valence-corrected chi connectivity index (χ2v) is 0.866. The SMILES string of the molecule is CC=P.[Ar].[Ar].[Ar]. The molecule has 42 valence electrons. The Morgan fingerprint density at radius 2 is 1.17 bits per heavy atom. The maximum Gasteiger partial charge on any atom is 0 e. The molecule has 0 unspecified atom stereocenters. The Morgan fingerprint density at radius 1 is 1.17 bits per heavy atom. The van der Waals surface area contributed by atoms with Crippen molar-refractivity contribution in [2.24, 2.45) is 0 Å². The molecule has 0 bridgehead atoms. The molecule has 0 fully saturated rings. The molecular formula is C2H5Ar3P. The van der Waals surface area contributed by atoms with Crippen molar-refractivity contribution in [2.45, 2.75) is 6.92 Å². The van der Waals surface area contributed by atoms with Crippen molar-refractivity contribution >= 4 is 14.7 Å². The van der Waals surface area contributed by atoms with Gasteiger partial charge in [-0.25, -0.2) is 0 Å². The predicted molar refractivity (Wildman–Crippen MR) is 20.1 cm³/mol. The van der Waals surface area contributed by atoms with Gasteiger partial charge in [0.25, 0.3) is 0 Å². The van der Waals surface area contributed by atoms with Gasteiger partial charge in [-0.15, -0.1) is 8.86 Å². The van der Waals surface area contributed by atoms with Crippen LogP contribution in [0, 0.1) is 113 Å². The van der Waals surface area contributed by atoms with Gasteiger partial charge in [-0.2, -0.15) is 0 Å². The van der Waals surface area contributed by atoms with Gasteiger partial charge in [0.2, 0.25) is 0 Å². The first kappa shape index (κ1) is 22.5. The van der Waals surface area contributed by atoms with E-state index >= 15 is 0 Å². The molecule has 0 aliphatic heterocycles. The Balaban J connectivity index is -0.00000000667. The van der Waals surface area contributed by atoms with Crippen LogP contribution in [0.15, 0.2) is 0 Å². The summed E-state index contributed by atoms with van der Waals surface area (Å²) < 4.78 is 0. The van der Waals surface area contributed by atoms with Crippen LogP contribution in [0.25, 0.3) is 0 Å². The molecule has 0 aliphatic carbocycles. The molecule has 0 saturated carbocycles. The summed E-state index contributed by atoms with van der Waals surface area (Å²) in [5.74, 6) is 1.81. The van der Waals surface area contributed by atoms with E-state index in [9.17, 15) is 0 Å². The van der Waals surface area contributed by atoms with Crippen molar-refractivity contribution < 1.29 is 113 Å². The van der Waals surface area contributed by atoms with E-state index in [0.29, 0.717) is 0 Å². The first-order valence-electron chi connectivity index (χ1n) is 0.866. The fraction of sp³-hybridized carbons (Fsp3) is 0.500. The molecule has 0 saturated heterocycles.